The third kappa shape index (κ3) is 2.83. The lowest BCUT2D eigenvalue weighted by molar-refractivity contribution is 0.584. The molecule has 2 heteroatoms. The number of hydrogen-bond acceptors (Lipinski definition) is 2. The zero-order chi connectivity index (χ0) is 12.3. The molecular formula is C15H16N2. The Bertz CT molecular complexity index is 576. The fraction of sp³-hybridized carbons (Fsp3) is 0.267. The molecule has 1 heterocycles. The molecule has 0 spiro atoms. The Balaban J connectivity index is 2.31. The van der Waals surface area contributed by atoms with Crippen LogP contribution in [0.1, 0.15) is 19.4 Å². The zero-order valence-corrected chi connectivity index (χ0v) is 10.1. The van der Waals surface area contributed by atoms with E-state index in [2.05, 4.69) is 30.7 Å². The minimum absolute atomic E-state index is 0.0820. The normalized spacial score (nSPS) is 12.2. The number of fused-ring (bicyclic) bond motifs is 1. The van der Waals surface area contributed by atoms with E-state index >= 15 is 0 Å². The molecule has 86 valence electrons. The molecule has 2 nitrogen and oxygen atoms in total. The molecule has 1 aromatic heterocycles. The van der Waals surface area contributed by atoms with Gasteiger partial charge in [0.15, 0.2) is 0 Å². The number of nitrogens with zero attached hydrogens (tertiary/aromatic N) is 1. The van der Waals surface area contributed by atoms with Crippen LogP contribution in [0.3, 0.4) is 0 Å². The molecule has 0 saturated carbocycles. The fourth-order valence-corrected chi connectivity index (χ4v) is 1.47. The van der Waals surface area contributed by atoms with E-state index in [0.717, 1.165) is 16.5 Å². The van der Waals surface area contributed by atoms with E-state index in [0.29, 0.717) is 5.92 Å². The molecule has 0 bridgehead atoms. The maximum absolute atomic E-state index is 5.88. The smallest absolute Gasteiger partial charge is 0.0702 e. The second kappa shape index (κ2) is 4.99. The van der Waals surface area contributed by atoms with Gasteiger partial charge in [0.05, 0.1) is 11.6 Å². The molecule has 0 fully saturated rings. The van der Waals surface area contributed by atoms with Crippen molar-refractivity contribution >= 4 is 10.9 Å². The van der Waals surface area contributed by atoms with Crippen LogP contribution < -0.4 is 5.73 Å². The molecule has 0 saturated heterocycles. The van der Waals surface area contributed by atoms with Gasteiger partial charge in [-0.1, -0.05) is 43.9 Å². The monoisotopic (exact) mass is 224 g/mol. The van der Waals surface area contributed by atoms with Crippen molar-refractivity contribution in [2.75, 3.05) is 0 Å². The minimum Gasteiger partial charge on any atom is -0.317 e. The van der Waals surface area contributed by atoms with E-state index in [1.807, 2.05) is 30.3 Å². The Labute approximate surface area is 102 Å². The van der Waals surface area contributed by atoms with Gasteiger partial charge in [-0.15, -0.1) is 0 Å². The van der Waals surface area contributed by atoms with Crippen molar-refractivity contribution in [3.63, 3.8) is 0 Å². The number of pyridine rings is 1. The SMILES string of the molecule is CC(C)C(N)C#Cc1cnc2ccccc2c1. The Morgan fingerprint density at radius 2 is 2.00 bits per heavy atom. The van der Waals surface area contributed by atoms with E-state index < -0.39 is 0 Å². The van der Waals surface area contributed by atoms with E-state index in [4.69, 9.17) is 5.73 Å². The van der Waals surface area contributed by atoms with Gasteiger partial charge < -0.3 is 5.73 Å². The van der Waals surface area contributed by atoms with E-state index in [-0.39, 0.29) is 6.04 Å². The largest absolute Gasteiger partial charge is 0.317 e. The molecule has 2 N–H and O–H groups in total. The highest BCUT2D eigenvalue weighted by molar-refractivity contribution is 5.79. The molecule has 2 rings (SSSR count). The maximum atomic E-state index is 5.88. The summed E-state index contributed by atoms with van der Waals surface area (Å²) in [5, 5.41) is 1.11. The Morgan fingerprint density at radius 3 is 2.76 bits per heavy atom. The molecule has 1 aromatic carbocycles. The van der Waals surface area contributed by atoms with Crippen LogP contribution in [0.4, 0.5) is 0 Å². The molecule has 1 atom stereocenters. The van der Waals surface area contributed by atoms with E-state index in [1.54, 1.807) is 6.20 Å². The van der Waals surface area contributed by atoms with Gasteiger partial charge >= 0.3 is 0 Å². The Hall–Kier alpha value is -1.85. The van der Waals surface area contributed by atoms with Crippen LogP contribution >= 0.6 is 0 Å². The number of benzene rings is 1. The highest BCUT2D eigenvalue weighted by Gasteiger charge is 2.02. The zero-order valence-electron chi connectivity index (χ0n) is 10.1. The first-order valence-corrected chi connectivity index (χ1v) is 5.79. The number of aromatic nitrogens is 1. The van der Waals surface area contributed by atoms with E-state index in [9.17, 15) is 0 Å². The van der Waals surface area contributed by atoms with E-state index in [1.165, 1.54) is 0 Å². The maximum Gasteiger partial charge on any atom is 0.0702 e. The highest BCUT2D eigenvalue weighted by atomic mass is 14.6. The van der Waals surface area contributed by atoms with Crippen molar-refractivity contribution in [1.29, 1.82) is 0 Å². The summed E-state index contributed by atoms with van der Waals surface area (Å²) in [5.41, 5.74) is 7.79. The van der Waals surface area contributed by atoms with Crippen LogP contribution in [-0.2, 0) is 0 Å². The third-order valence-electron chi connectivity index (χ3n) is 2.69. The molecule has 2 aromatic rings. The van der Waals surface area contributed by atoms with Gasteiger partial charge in [0.2, 0.25) is 0 Å². The van der Waals surface area contributed by atoms with Gasteiger partial charge in [-0.2, -0.15) is 0 Å². The number of para-hydroxylation sites is 1. The quantitative estimate of drug-likeness (QED) is 0.756. The average molecular weight is 224 g/mol. The molecule has 0 aliphatic heterocycles. The van der Waals surface area contributed by atoms with Crippen LogP contribution in [0.5, 0.6) is 0 Å². The van der Waals surface area contributed by atoms with Crippen LogP contribution in [0, 0.1) is 17.8 Å². The average Bonchev–Trinajstić information content (AvgIpc) is 2.35. The molecule has 0 aliphatic rings. The van der Waals surface area contributed by atoms with Crippen LogP contribution in [0.25, 0.3) is 10.9 Å². The summed E-state index contributed by atoms with van der Waals surface area (Å²) in [6.45, 7) is 4.13. The number of nitrogens with two attached hydrogens (primary N) is 1. The molecule has 17 heavy (non-hydrogen) atoms. The van der Waals surface area contributed by atoms with Gasteiger partial charge in [-0.3, -0.25) is 4.98 Å². The first kappa shape index (κ1) is 11.6. The second-order valence-electron chi connectivity index (χ2n) is 4.46. The van der Waals surface area contributed by atoms with Crippen LogP contribution in [-0.4, -0.2) is 11.0 Å². The first-order chi connectivity index (χ1) is 8.16. The van der Waals surface area contributed by atoms with Gasteiger partial charge in [-0.05, 0) is 18.1 Å². The Kier molecular flexibility index (Phi) is 3.41. The van der Waals surface area contributed by atoms with Crippen molar-refractivity contribution in [3.05, 3.63) is 42.1 Å². The van der Waals surface area contributed by atoms with Crippen molar-refractivity contribution in [1.82, 2.24) is 4.98 Å². The summed E-state index contributed by atoms with van der Waals surface area (Å²) < 4.78 is 0. The summed E-state index contributed by atoms with van der Waals surface area (Å²) in [5.74, 6) is 6.50. The van der Waals surface area contributed by atoms with Gasteiger partial charge in [0, 0.05) is 17.1 Å². The third-order valence-corrected chi connectivity index (χ3v) is 2.69. The molecule has 1 unspecified atom stereocenters. The lowest BCUT2D eigenvalue weighted by atomic mass is 10.1. The molecule has 0 amide bonds. The summed E-state index contributed by atoms with van der Waals surface area (Å²) in [6, 6.07) is 9.97. The number of hydrogen-bond donors (Lipinski definition) is 1. The molecule has 0 aliphatic carbocycles. The van der Waals surface area contributed by atoms with Gasteiger partial charge in [0.1, 0.15) is 0 Å². The summed E-state index contributed by atoms with van der Waals surface area (Å²) in [7, 11) is 0. The van der Waals surface area contributed by atoms with Crippen molar-refractivity contribution < 1.29 is 0 Å². The lowest BCUT2D eigenvalue weighted by Crippen LogP contribution is -2.23. The Morgan fingerprint density at radius 1 is 1.24 bits per heavy atom. The van der Waals surface area contributed by atoms with Gasteiger partial charge in [-0.25, -0.2) is 0 Å². The topological polar surface area (TPSA) is 38.9 Å². The highest BCUT2D eigenvalue weighted by Crippen LogP contribution is 2.11. The van der Waals surface area contributed by atoms with Crippen molar-refractivity contribution in [3.8, 4) is 11.8 Å². The summed E-state index contributed by atoms with van der Waals surface area (Å²) >= 11 is 0. The van der Waals surface area contributed by atoms with Crippen molar-refractivity contribution in [2.24, 2.45) is 11.7 Å². The summed E-state index contributed by atoms with van der Waals surface area (Å²) in [4.78, 5) is 4.36. The molecule has 0 radical (unpaired) electrons. The molecular weight excluding hydrogens is 208 g/mol. The van der Waals surface area contributed by atoms with Gasteiger partial charge in [0.25, 0.3) is 0 Å². The second-order valence-corrected chi connectivity index (χ2v) is 4.46. The lowest BCUT2D eigenvalue weighted by Gasteiger charge is -2.06. The van der Waals surface area contributed by atoms with Crippen LogP contribution in [0.15, 0.2) is 36.5 Å². The van der Waals surface area contributed by atoms with Crippen molar-refractivity contribution in [2.45, 2.75) is 19.9 Å². The summed E-state index contributed by atoms with van der Waals surface area (Å²) in [6.07, 6.45) is 1.79. The minimum atomic E-state index is -0.0820. The fourth-order valence-electron chi connectivity index (χ4n) is 1.47. The standard InChI is InChI=1S/C15H16N2/c1-11(2)14(16)8-7-12-9-13-5-3-4-6-15(13)17-10-12/h3-6,9-11,14H,16H2,1-2H3. The predicted molar refractivity (Wildman–Crippen MR) is 71.4 cm³/mol. The first-order valence-electron chi connectivity index (χ1n) is 5.79. The van der Waals surface area contributed by atoms with Crippen LogP contribution in [0.2, 0.25) is 0 Å². The predicted octanol–water partition coefficient (Wildman–Crippen LogP) is 2.57. The number of rotatable bonds is 1.